The second-order valence-corrected chi connectivity index (χ2v) is 8.66. The Hall–Kier alpha value is -2.85. The minimum atomic E-state index is 0.0368. The number of aliphatic hydroxyl groups is 1. The van der Waals surface area contributed by atoms with Crippen LogP contribution in [0.3, 0.4) is 0 Å². The van der Waals surface area contributed by atoms with Crippen LogP contribution >= 0.6 is 0 Å². The Balaban J connectivity index is 1.49. The van der Waals surface area contributed by atoms with Crippen molar-refractivity contribution in [3.63, 3.8) is 0 Å². The Morgan fingerprint density at radius 1 is 1.00 bits per heavy atom. The van der Waals surface area contributed by atoms with Gasteiger partial charge in [0, 0.05) is 49.3 Å². The molecular formula is C27H32N2O4. The zero-order valence-corrected chi connectivity index (χ0v) is 19.4. The van der Waals surface area contributed by atoms with E-state index in [2.05, 4.69) is 28.9 Å². The first-order valence-electron chi connectivity index (χ1n) is 11.5. The number of carbonyl (C=O) groups excluding carboxylic acids is 1. The van der Waals surface area contributed by atoms with Crippen LogP contribution in [0.15, 0.2) is 48.5 Å². The summed E-state index contributed by atoms with van der Waals surface area (Å²) in [6.07, 6.45) is 2.00. The van der Waals surface area contributed by atoms with E-state index >= 15 is 0 Å². The van der Waals surface area contributed by atoms with Gasteiger partial charge in [-0.25, -0.2) is 0 Å². The fourth-order valence-corrected chi connectivity index (χ4v) is 4.99. The molecule has 4 rings (SSSR count). The smallest absolute Gasteiger partial charge is 0.248 e. The standard InChI is InChI=1S/C27H32N2O4/c1-32-19-26(31)28-15-3-4-16-29-24(17-28)27(25(29)18-30)22-11-7-20(8-12-22)5-6-21-9-13-23(33-2)14-10-21/h7-14,24-25,27,30H,3-4,15-19H2,1-2H3/t24-,25-,27+/m1/s1. The summed E-state index contributed by atoms with van der Waals surface area (Å²) in [5, 5.41) is 10.1. The van der Waals surface area contributed by atoms with Crippen LogP contribution in [0, 0.1) is 11.8 Å². The van der Waals surface area contributed by atoms with E-state index in [1.165, 1.54) is 5.56 Å². The summed E-state index contributed by atoms with van der Waals surface area (Å²) in [5.74, 6) is 7.45. The van der Waals surface area contributed by atoms with Gasteiger partial charge in [-0.2, -0.15) is 0 Å². The van der Waals surface area contributed by atoms with Crippen molar-refractivity contribution in [2.45, 2.75) is 30.8 Å². The van der Waals surface area contributed by atoms with Crippen molar-refractivity contribution in [2.75, 3.05) is 47.1 Å². The molecule has 2 aliphatic rings. The van der Waals surface area contributed by atoms with Gasteiger partial charge in [-0.3, -0.25) is 9.69 Å². The lowest BCUT2D eigenvalue weighted by Crippen LogP contribution is -2.68. The van der Waals surface area contributed by atoms with E-state index in [-0.39, 0.29) is 37.1 Å². The highest BCUT2D eigenvalue weighted by Crippen LogP contribution is 2.41. The van der Waals surface area contributed by atoms with Gasteiger partial charge in [-0.15, -0.1) is 0 Å². The normalized spacial score (nSPS) is 22.8. The van der Waals surface area contributed by atoms with Gasteiger partial charge in [0.15, 0.2) is 0 Å². The number of hydrogen-bond acceptors (Lipinski definition) is 5. The van der Waals surface area contributed by atoms with Crippen LogP contribution in [0.5, 0.6) is 5.75 Å². The van der Waals surface area contributed by atoms with Crippen molar-refractivity contribution < 1.29 is 19.4 Å². The van der Waals surface area contributed by atoms with E-state index in [0.717, 1.165) is 42.8 Å². The molecule has 2 heterocycles. The highest BCUT2D eigenvalue weighted by molar-refractivity contribution is 5.77. The number of amides is 1. The summed E-state index contributed by atoms with van der Waals surface area (Å²) in [7, 11) is 3.21. The third kappa shape index (κ3) is 5.22. The minimum absolute atomic E-state index is 0.0368. The predicted octanol–water partition coefficient (Wildman–Crippen LogP) is 2.49. The molecule has 2 aromatic rings. The number of carbonyl (C=O) groups is 1. The Labute approximate surface area is 196 Å². The van der Waals surface area contributed by atoms with E-state index in [1.807, 2.05) is 41.3 Å². The highest BCUT2D eigenvalue weighted by atomic mass is 16.5. The Kier molecular flexibility index (Phi) is 7.66. The van der Waals surface area contributed by atoms with E-state index in [4.69, 9.17) is 9.47 Å². The molecule has 33 heavy (non-hydrogen) atoms. The van der Waals surface area contributed by atoms with Gasteiger partial charge < -0.3 is 19.5 Å². The van der Waals surface area contributed by atoms with E-state index in [9.17, 15) is 9.90 Å². The molecule has 0 saturated carbocycles. The maximum absolute atomic E-state index is 12.5. The van der Waals surface area contributed by atoms with Crippen molar-refractivity contribution in [1.29, 1.82) is 0 Å². The second-order valence-electron chi connectivity index (χ2n) is 8.66. The molecular weight excluding hydrogens is 416 g/mol. The first-order valence-corrected chi connectivity index (χ1v) is 11.5. The quantitative estimate of drug-likeness (QED) is 0.713. The lowest BCUT2D eigenvalue weighted by Gasteiger charge is -2.57. The summed E-state index contributed by atoms with van der Waals surface area (Å²) < 4.78 is 10.3. The summed E-state index contributed by atoms with van der Waals surface area (Å²) >= 11 is 0. The van der Waals surface area contributed by atoms with Gasteiger partial charge in [-0.05, 0) is 61.3 Å². The molecule has 6 heteroatoms. The molecule has 2 saturated heterocycles. The van der Waals surface area contributed by atoms with Crippen molar-refractivity contribution in [3.05, 3.63) is 65.2 Å². The van der Waals surface area contributed by atoms with Crippen LogP contribution in [0.4, 0.5) is 0 Å². The lowest BCUT2D eigenvalue weighted by atomic mass is 9.74. The topological polar surface area (TPSA) is 62.2 Å². The Bertz CT molecular complexity index is 994. The summed E-state index contributed by atoms with van der Waals surface area (Å²) in [5.41, 5.74) is 3.07. The van der Waals surface area contributed by atoms with Crippen LogP contribution in [0.1, 0.15) is 35.4 Å². The molecule has 2 aliphatic heterocycles. The second kappa shape index (κ2) is 10.8. The third-order valence-corrected chi connectivity index (χ3v) is 6.73. The first-order chi connectivity index (χ1) is 16.1. The van der Waals surface area contributed by atoms with Crippen LogP contribution in [0.25, 0.3) is 0 Å². The largest absolute Gasteiger partial charge is 0.497 e. The van der Waals surface area contributed by atoms with Gasteiger partial charge in [0.1, 0.15) is 12.4 Å². The lowest BCUT2D eigenvalue weighted by molar-refractivity contribution is -0.140. The van der Waals surface area contributed by atoms with Crippen LogP contribution in [0.2, 0.25) is 0 Å². The molecule has 3 atom stereocenters. The number of aliphatic hydroxyl groups excluding tert-OH is 1. The van der Waals surface area contributed by atoms with Crippen molar-refractivity contribution in [3.8, 4) is 17.6 Å². The van der Waals surface area contributed by atoms with E-state index in [1.54, 1.807) is 14.2 Å². The summed E-state index contributed by atoms with van der Waals surface area (Å²) in [6, 6.07) is 16.3. The Morgan fingerprint density at radius 3 is 2.24 bits per heavy atom. The number of methoxy groups -OCH3 is 2. The van der Waals surface area contributed by atoms with Gasteiger partial charge in [0.2, 0.25) is 5.91 Å². The highest BCUT2D eigenvalue weighted by Gasteiger charge is 2.49. The molecule has 0 spiro atoms. The molecule has 0 unspecified atom stereocenters. The van der Waals surface area contributed by atoms with Gasteiger partial charge in [0.05, 0.1) is 13.7 Å². The molecule has 0 bridgehead atoms. The summed E-state index contributed by atoms with van der Waals surface area (Å²) in [4.78, 5) is 16.8. The van der Waals surface area contributed by atoms with Gasteiger partial charge >= 0.3 is 0 Å². The number of rotatable bonds is 5. The van der Waals surface area contributed by atoms with Crippen molar-refractivity contribution in [1.82, 2.24) is 9.80 Å². The first kappa shape index (κ1) is 23.3. The number of nitrogens with zero attached hydrogens (tertiary/aromatic N) is 2. The molecule has 0 aliphatic carbocycles. The maximum atomic E-state index is 12.5. The van der Waals surface area contributed by atoms with Crippen LogP contribution in [-0.2, 0) is 9.53 Å². The molecule has 174 valence electrons. The zero-order valence-electron chi connectivity index (χ0n) is 19.4. The Morgan fingerprint density at radius 2 is 1.64 bits per heavy atom. The molecule has 1 amide bonds. The SMILES string of the molecule is COCC(=O)N1CCCCN2[C@H](CO)[C@@H](c3ccc(C#Cc4ccc(OC)cc4)cc3)[C@H]2C1. The summed E-state index contributed by atoms with van der Waals surface area (Å²) in [6.45, 7) is 2.63. The number of ether oxygens (including phenoxy) is 2. The third-order valence-electron chi connectivity index (χ3n) is 6.73. The van der Waals surface area contributed by atoms with Gasteiger partial charge in [-0.1, -0.05) is 24.0 Å². The molecule has 0 radical (unpaired) electrons. The molecule has 2 fully saturated rings. The average Bonchev–Trinajstić information content (AvgIpc) is 2.83. The van der Waals surface area contributed by atoms with Crippen LogP contribution < -0.4 is 4.74 Å². The average molecular weight is 449 g/mol. The van der Waals surface area contributed by atoms with Crippen molar-refractivity contribution in [2.24, 2.45) is 0 Å². The molecule has 1 N–H and O–H groups in total. The van der Waals surface area contributed by atoms with Crippen LogP contribution in [-0.4, -0.2) is 80.0 Å². The number of fused-ring (bicyclic) bond motifs is 1. The number of benzene rings is 2. The molecule has 2 aromatic carbocycles. The molecule has 0 aromatic heterocycles. The molecule has 6 nitrogen and oxygen atoms in total. The van der Waals surface area contributed by atoms with Crippen molar-refractivity contribution >= 4 is 5.91 Å². The predicted molar refractivity (Wildman–Crippen MR) is 127 cm³/mol. The van der Waals surface area contributed by atoms with E-state index < -0.39 is 0 Å². The van der Waals surface area contributed by atoms with E-state index in [0.29, 0.717) is 6.54 Å². The minimum Gasteiger partial charge on any atom is -0.497 e. The fourth-order valence-electron chi connectivity index (χ4n) is 4.99. The zero-order chi connectivity index (χ0) is 23.2. The number of hydrogen-bond donors (Lipinski definition) is 1. The monoisotopic (exact) mass is 448 g/mol. The fraction of sp³-hybridized carbons (Fsp3) is 0.444. The van der Waals surface area contributed by atoms with Gasteiger partial charge in [0.25, 0.3) is 0 Å². The maximum Gasteiger partial charge on any atom is 0.248 e.